The molecule has 1 N–H and O–H groups in total. The van der Waals surface area contributed by atoms with Crippen LogP contribution >= 0.6 is 34.5 Å². The summed E-state index contributed by atoms with van der Waals surface area (Å²) in [5.74, 6) is -0.233. The highest BCUT2D eigenvalue weighted by Gasteiger charge is 2.13. The van der Waals surface area contributed by atoms with Crippen LogP contribution in [0.25, 0.3) is 22.3 Å². The lowest BCUT2D eigenvalue weighted by Gasteiger charge is -2.03. The van der Waals surface area contributed by atoms with Crippen molar-refractivity contribution < 1.29 is 4.79 Å². The molecule has 0 aliphatic carbocycles. The zero-order valence-electron chi connectivity index (χ0n) is 13.2. The molecule has 130 valence electrons. The van der Waals surface area contributed by atoms with Gasteiger partial charge in [0.25, 0.3) is 0 Å². The number of nitrogens with one attached hydrogen (secondary N) is 1. The lowest BCUT2D eigenvalue weighted by atomic mass is 10.2. The number of rotatable bonds is 4. The highest BCUT2D eigenvalue weighted by molar-refractivity contribution is 7.14. The van der Waals surface area contributed by atoms with Gasteiger partial charge in [0.2, 0.25) is 5.91 Å². The van der Waals surface area contributed by atoms with Crippen LogP contribution < -0.4 is 5.32 Å². The molecule has 0 bridgehead atoms. The number of carbonyl (C=O) groups excluding carboxylic acids is 1. The van der Waals surface area contributed by atoms with Crippen molar-refractivity contribution in [2.75, 3.05) is 5.32 Å². The number of carbonyl (C=O) groups is 1. The van der Waals surface area contributed by atoms with Gasteiger partial charge in [-0.3, -0.25) is 4.79 Å². The van der Waals surface area contributed by atoms with Gasteiger partial charge in [-0.05, 0) is 30.3 Å². The minimum Gasteiger partial charge on any atom is -0.300 e. The number of nitrogens with zero attached hydrogens (tertiary/aromatic N) is 4. The molecule has 0 radical (unpaired) electrons. The molecular formula is C17H11Cl2N5OS. The quantitative estimate of drug-likeness (QED) is 0.544. The van der Waals surface area contributed by atoms with Gasteiger partial charge in [0.15, 0.2) is 5.13 Å². The normalized spacial score (nSPS) is 11.0. The summed E-state index contributed by atoms with van der Waals surface area (Å²) in [5, 5.41) is 14.2. The van der Waals surface area contributed by atoms with Gasteiger partial charge in [-0.1, -0.05) is 40.5 Å². The van der Waals surface area contributed by atoms with E-state index >= 15 is 0 Å². The number of thiazole rings is 1. The largest absolute Gasteiger partial charge is 0.300 e. The molecule has 1 amide bonds. The molecule has 0 aliphatic heterocycles. The first-order chi connectivity index (χ1) is 12.6. The number of halogens is 2. The molecule has 0 atom stereocenters. The monoisotopic (exact) mass is 403 g/mol. The lowest BCUT2D eigenvalue weighted by molar-refractivity contribution is -0.116. The van der Waals surface area contributed by atoms with E-state index in [1.165, 1.54) is 11.3 Å². The van der Waals surface area contributed by atoms with E-state index in [0.717, 1.165) is 16.6 Å². The fraction of sp³-hybridized carbons (Fsp3) is 0.0588. The van der Waals surface area contributed by atoms with Crippen molar-refractivity contribution >= 4 is 56.6 Å². The molecular weight excluding hydrogens is 393 g/mol. The van der Waals surface area contributed by atoms with Gasteiger partial charge in [-0.25, -0.2) is 9.67 Å². The van der Waals surface area contributed by atoms with Crippen LogP contribution in [0.1, 0.15) is 0 Å². The Morgan fingerprint density at radius 1 is 1.19 bits per heavy atom. The van der Waals surface area contributed by atoms with Gasteiger partial charge in [0.05, 0.1) is 16.2 Å². The minimum atomic E-state index is -0.233. The first-order valence-corrected chi connectivity index (χ1v) is 9.23. The highest BCUT2D eigenvalue weighted by atomic mass is 35.5. The van der Waals surface area contributed by atoms with Crippen LogP contribution in [0, 0.1) is 0 Å². The number of hydrogen-bond acceptors (Lipinski definition) is 5. The topological polar surface area (TPSA) is 72.7 Å². The van der Waals surface area contributed by atoms with E-state index in [4.69, 9.17) is 23.2 Å². The average molecular weight is 404 g/mol. The summed E-state index contributed by atoms with van der Waals surface area (Å²) in [6, 6.07) is 12.7. The molecule has 0 aliphatic rings. The maximum Gasteiger partial charge on any atom is 0.247 e. The standard InChI is InChI=1S/C17H11Cl2N5OS/c18-10-5-6-11(12(19)7-10)14-9-26-17(20-14)21-16(25)8-24-15-4-2-1-3-13(15)22-23-24/h1-7,9H,8H2,(H,20,21,25). The minimum absolute atomic E-state index is 0.0527. The second-order valence-corrected chi connectivity index (χ2v) is 7.15. The third-order valence-electron chi connectivity index (χ3n) is 3.67. The van der Waals surface area contributed by atoms with Crippen molar-refractivity contribution in [1.82, 2.24) is 20.0 Å². The fourth-order valence-corrected chi connectivity index (χ4v) is 3.71. The van der Waals surface area contributed by atoms with Gasteiger partial charge < -0.3 is 5.32 Å². The predicted octanol–water partition coefficient (Wildman–Crippen LogP) is 4.50. The summed E-state index contributed by atoms with van der Waals surface area (Å²) in [4.78, 5) is 16.7. The molecule has 0 fully saturated rings. The number of anilines is 1. The second-order valence-electron chi connectivity index (χ2n) is 5.45. The first kappa shape index (κ1) is 17.0. The molecule has 4 aromatic rings. The van der Waals surface area contributed by atoms with Crippen molar-refractivity contribution in [2.24, 2.45) is 0 Å². The molecule has 26 heavy (non-hydrogen) atoms. The second kappa shape index (κ2) is 7.03. The number of aromatic nitrogens is 4. The Kier molecular flexibility index (Phi) is 4.58. The summed E-state index contributed by atoms with van der Waals surface area (Å²) in [6.07, 6.45) is 0. The third kappa shape index (κ3) is 3.41. The van der Waals surface area contributed by atoms with Crippen LogP contribution in [0.4, 0.5) is 5.13 Å². The fourth-order valence-electron chi connectivity index (χ4n) is 2.48. The van der Waals surface area contributed by atoms with Crippen LogP contribution in [0.2, 0.25) is 10.0 Å². The zero-order valence-corrected chi connectivity index (χ0v) is 15.5. The van der Waals surface area contributed by atoms with Crippen molar-refractivity contribution in [3.63, 3.8) is 0 Å². The summed E-state index contributed by atoms with van der Waals surface area (Å²) in [5.41, 5.74) is 2.98. The molecule has 0 saturated heterocycles. The summed E-state index contributed by atoms with van der Waals surface area (Å²) in [7, 11) is 0. The number of para-hydroxylation sites is 1. The summed E-state index contributed by atoms with van der Waals surface area (Å²) in [6.45, 7) is 0.0527. The van der Waals surface area contributed by atoms with Crippen LogP contribution in [-0.4, -0.2) is 25.9 Å². The molecule has 2 aromatic heterocycles. The number of hydrogen-bond donors (Lipinski definition) is 1. The number of fused-ring (bicyclic) bond motifs is 1. The summed E-state index contributed by atoms with van der Waals surface area (Å²) < 4.78 is 1.55. The Bertz CT molecular complexity index is 1110. The van der Waals surface area contributed by atoms with Crippen molar-refractivity contribution in [3.05, 3.63) is 57.9 Å². The first-order valence-electron chi connectivity index (χ1n) is 7.59. The van der Waals surface area contributed by atoms with Crippen LogP contribution in [0.5, 0.6) is 0 Å². The van der Waals surface area contributed by atoms with Gasteiger partial charge in [-0.15, -0.1) is 16.4 Å². The Morgan fingerprint density at radius 2 is 2.04 bits per heavy atom. The van der Waals surface area contributed by atoms with E-state index in [2.05, 4.69) is 20.6 Å². The van der Waals surface area contributed by atoms with Gasteiger partial charge in [0.1, 0.15) is 12.1 Å². The number of benzene rings is 2. The van der Waals surface area contributed by atoms with E-state index in [-0.39, 0.29) is 12.5 Å². The molecule has 0 unspecified atom stereocenters. The van der Waals surface area contributed by atoms with Crippen LogP contribution in [-0.2, 0) is 11.3 Å². The third-order valence-corrected chi connectivity index (χ3v) is 4.98. The maximum absolute atomic E-state index is 12.3. The maximum atomic E-state index is 12.3. The predicted molar refractivity (Wildman–Crippen MR) is 104 cm³/mol. The van der Waals surface area contributed by atoms with Crippen LogP contribution in [0.3, 0.4) is 0 Å². The molecule has 2 aromatic carbocycles. The smallest absolute Gasteiger partial charge is 0.247 e. The lowest BCUT2D eigenvalue weighted by Crippen LogP contribution is -2.19. The Balaban J connectivity index is 1.49. The molecule has 2 heterocycles. The van der Waals surface area contributed by atoms with Crippen molar-refractivity contribution in [1.29, 1.82) is 0 Å². The highest BCUT2D eigenvalue weighted by Crippen LogP contribution is 2.32. The Hall–Kier alpha value is -2.48. The number of amides is 1. The van der Waals surface area contributed by atoms with Crippen LogP contribution in [0.15, 0.2) is 47.8 Å². The summed E-state index contributed by atoms with van der Waals surface area (Å²) >= 11 is 13.4. The zero-order chi connectivity index (χ0) is 18.1. The SMILES string of the molecule is O=C(Cn1nnc2ccccc21)Nc1nc(-c2ccc(Cl)cc2Cl)cs1. The van der Waals surface area contributed by atoms with Gasteiger partial charge >= 0.3 is 0 Å². The molecule has 6 nitrogen and oxygen atoms in total. The van der Waals surface area contributed by atoms with E-state index in [9.17, 15) is 4.79 Å². The Labute approximate surface area is 162 Å². The molecule has 4 rings (SSSR count). The van der Waals surface area contributed by atoms with Gasteiger partial charge in [0, 0.05) is 16.0 Å². The molecule has 9 heteroatoms. The van der Waals surface area contributed by atoms with Crippen molar-refractivity contribution in [3.8, 4) is 11.3 Å². The van der Waals surface area contributed by atoms with Crippen molar-refractivity contribution in [2.45, 2.75) is 6.54 Å². The molecule has 0 saturated carbocycles. The molecule has 0 spiro atoms. The average Bonchev–Trinajstić information content (AvgIpc) is 3.23. The Morgan fingerprint density at radius 3 is 2.88 bits per heavy atom. The van der Waals surface area contributed by atoms with E-state index in [1.807, 2.05) is 29.6 Å². The van der Waals surface area contributed by atoms with Gasteiger partial charge in [-0.2, -0.15) is 0 Å². The van der Waals surface area contributed by atoms with E-state index in [1.54, 1.807) is 22.9 Å². The van der Waals surface area contributed by atoms with E-state index < -0.39 is 0 Å². The van der Waals surface area contributed by atoms with E-state index in [0.29, 0.717) is 20.9 Å².